The Morgan fingerprint density at radius 3 is 2.42 bits per heavy atom. The van der Waals surface area contributed by atoms with Gasteiger partial charge in [0.25, 0.3) is 5.91 Å². The van der Waals surface area contributed by atoms with Crippen molar-refractivity contribution in [1.29, 1.82) is 5.26 Å². The van der Waals surface area contributed by atoms with Crippen molar-refractivity contribution in [3.05, 3.63) is 64.2 Å². The highest BCUT2D eigenvalue weighted by atomic mass is 35.5. The second-order valence-electron chi connectivity index (χ2n) is 5.55. The molecule has 2 rings (SSSR count). The van der Waals surface area contributed by atoms with Crippen LogP contribution >= 0.6 is 11.6 Å². The zero-order valence-electron chi connectivity index (χ0n) is 13.9. The number of halogens is 1. The topological polar surface area (TPSA) is 128 Å². The maximum atomic E-state index is 12.9. The molecule has 2 aromatic rings. The van der Waals surface area contributed by atoms with Gasteiger partial charge in [0.05, 0.1) is 22.3 Å². The summed E-state index contributed by atoms with van der Waals surface area (Å²) in [5, 5.41) is 22.1. The van der Waals surface area contributed by atoms with E-state index in [2.05, 4.69) is 5.32 Å². The van der Waals surface area contributed by atoms with Crippen LogP contribution in [0.2, 0.25) is 5.02 Å². The van der Waals surface area contributed by atoms with Gasteiger partial charge in [-0.25, -0.2) is 5.84 Å². The van der Waals surface area contributed by atoms with Gasteiger partial charge in [-0.05, 0) is 31.2 Å². The number of benzene rings is 2. The number of hydrogen-bond donors (Lipinski definition) is 4. The predicted octanol–water partition coefficient (Wildman–Crippen LogP) is 1.86. The molecule has 26 heavy (non-hydrogen) atoms. The molecule has 5 N–H and O–H groups in total. The van der Waals surface area contributed by atoms with Crippen LogP contribution in [0.4, 0.5) is 5.69 Å². The van der Waals surface area contributed by atoms with Crippen LogP contribution < -0.4 is 16.6 Å². The van der Waals surface area contributed by atoms with Crippen LogP contribution in [0, 0.1) is 11.3 Å². The highest BCUT2D eigenvalue weighted by Gasteiger charge is 2.28. The summed E-state index contributed by atoms with van der Waals surface area (Å²) in [6, 6.07) is 11.6. The van der Waals surface area contributed by atoms with Crippen LogP contribution in [0.25, 0.3) is 0 Å². The first-order valence-electron chi connectivity index (χ1n) is 7.67. The number of hydrogen-bond acceptors (Lipinski definition) is 6. The number of ketones is 1. The molecule has 0 spiro atoms. The SMILES string of the molecule is C[C@H](O)[C@@H](Nc1ccc(C#N)c(Cl)c1)C(=O)c1ccccc1C(=O)NN. The fraction of sp³-hybridized carbons (Fsp3) is 0.167. The molecule has 134 valence electrons. The zero-order chi connectivity index (χ0) is 19.3. The molecule has 0 heterocycles. The number of aliphatic hydroxyl groups is 1. The third-order valence-electron chi connectivity index (χ3n) is 3.74. The average molecular weight is 373 g/mol. The summed E-state index contributed by atoms with van der Waals surface area (Å²) in [6.07, 6.45) is -1.06. The molecule has 2 aromatic carbocycles. The van der Waals surface area contributed by atoms with Crippen molar-refractivity contribution in [1.82, 2.24) is 5.43 Å². The Balaban J connectivity index is 2.36. The molecule has 0 aliphatic heterocycles. The molecule has 0 aliphatic carbocycles. The van der Waals surface area contributed by atoms with E-state index in [1.165, 1.54) is 31.2 Å². The molecule has 7 nitrogen and oxygen atoms in total. The largest absolute Gasteiger partial charge is 0.391 e. The Labute approximate surface area is 155 Å². The van der Waals surface area contributed by atoms with E-state index in [0.29, 0.717) is 11.3 Å². The maximum absolute atomic E-state index is 12.9. The summed E-state index contributed by atoms with van der Waals surface area (Å²) in [4.78, 5) is 24.8. The molecule has 0 unspecified atom stereocenters. The number of amides is 1. The first kappa shape index (κ1) is 19.4. The number of nitriles is 1. The van der Waals surface area contributed by atoms with Gasteiger partial charge in [-0.3, -0.25) is 15.0 Å². The maximum Gasteiger partial charge on any atom is 0.265 e. The molecule has 0 saturated heterocycles. The zero-order valence-corrected chi connectivity index (χ0v) is 14.6. The van der Waals surface area contributed by atoms with Crippen molar-refractivity contribution in [3.63, 3.8) is 0 Å². The summed E-state index contributed by atoms with van der Waals surface area (Å²) < 4.78 is 0. The normalized spacial score (nSPS) is 12.6. The van der Waals surface area contributed by atoms with E-state index in [1.54, 1.807) is 18.2 Å². The third-order valence-corrected chi connectivity index (χ3v) is 4.06. The monoisotopic (exact) mass is 372 g/mol. The van der Waals surface area contributed by atoms with Crippen LogP contribution in [0.5, 0.6) is 0 Å². The molecule has 0 aliphatic rings. The van der Waals surface area contributed by atoms with Crippen molar-refractivity contribution < 1.29 is 14.7 Å². The van der Waals surface area contributed by atoms with Crippen LogP contribution in [-0.4, -0.2) is 28.9 Å². The predicted molar refractivity (Wildman–Crippen MR) is 97.7 cm³/mol. The van der Waals surface area contributed by atoms with Gasteiger partial charge in [0.2, 0.25) is 0 Å². The van der Waals surface area contributed by atoms with Gasteiger partial charge in [0.1, 0.15) is 12.1 Å². The average Bonchev–Trinajstić information content (AvgIpc) is 2.64. The van der Waals surface area contributed by atoms with Crippen molar-refractivity contribution in [3.8, 4) is 6.07 Å². The number of nitrogen functional groups attached to an aromatic ring is 1. The van der Waals surface area contributed by atoms with E-state index >= 15 is 0 Å². The number of Topliss-reactive ketones (excluding diaryl/α,β-unsaturated/α-hetero) is 1. The summed E-state index contributed by atoms with van der Waals surface area (Å²) >= 11 is 6.00. The molecular weight excluding hydrogens is 356 g/mol. The minimum absolute atomic E-state index is 0.102. The van der Waals surface area contributed by atoms with Crippen LogP contribution in [0.1, 0.15) is 33.2 Å². The first-order chi connectivity index (χ1) is 12.4. The minimum atomic E-state index is -1.06. The second kappa shape index (κ2) is 8.45. The molecule has 0 radical (unpaired) electrons. The number of hydrazine groups is 1. The fourth-order valence-corrected chi connectivity index (χ4v) is 2.64. The highest BCUT2D eigenvalue weighted by Crippen LogP contribution is 2.22. The summed E-state index contributed by atoms with van der Waals surface area (Å²) in [5.41, 5.74) is 2.96. The highest BCUT2D eigenvalue weighted by molar-refractivity contribution is 6.32. The molecule has 2 atom stereocenters. The van der Waals surface area contributed by atoms with E-state index in [1.807, 2.05) is 11.5 Å². The smallest absolute Gasteiger partial charge is 0.265 e. The number of anilines is 1. The van der Waals surface area contributed by atoms with Gasteiger partial charge in [0.15, 0.2) is 5.78 Å². The van der Waals surface area contributed by atoms with Gasteiger partial charge in [-0.15, -0.1) is 0 Å². The second-order valence-corrected chi connectivity index (χ2v) is 5.96. The Bertz CT molecular complexity index is 877. The van der Waals surface area contributed by atoms with Gasteiger partial charge >= 0.3 is 0 Å². The van der Waals surface area contributed by atoms with Crippen LogP contribution in [0.15, 0.2) is 42.5 Å². The first-order valence-corrected chi connectivity index (χ1v) is 8.05. The number of aliphatic hydroxyl groups excluding tert-OH is 1. The minimum Gasteiger partial charge on any atom is -0.391 e. The lowest BCUT2D eigenvalue weighted by Crippen LogP contribution is -2.40. The van der Waals surface area contributed by atoms with Gasteiger partial charge < -0.3 is 10.4 Å². The quantitative estimate of drug-likeness (QED) is 0.265. The lowest BCUT2D eigenvalue weighted by atomic mass is 9.95. The number of carbonyl (C=O) groups excluding carboxylic acids is 2. The van der Waals surface area contributed by atoms with Crippen molar-refractivity contribution in [2.24, 2.45) is 5.84 Å². The molecule has 1 amide bonds. The van der Waals surface area contributed by atoms with E-state index in [0.717, 1.165) is 0 Å². The Morgan fingerprint density at radius 2 is 1.88 bits per heavy atom. The molecule has 8 heteroatoms. The van der Waals surface area contributed by atoms with Gasteiger partial charge in [-0.2, -0.15) is 5.26 Å². The Hall–Kier alpha value is -2.92. The summed E-state index contributed by atoms with van der Waals surface area (Å²) in [5.74, 6) is 4.06. The summed E-state index contributed by atoms with van der Waals surface area (Å²) in [6.45, 7) is 1.45. The number of nitrogens with two attached hydrogens (primary N) is 1. The Morgan fingerprint density at radius 1 is 1.23 bits per heavy atom. The lowest BCUT2D eigenvalue weighted by Gasteiger charge is -2.22. The van der Waals surface area contributed by atoms with Gasteiger partial charge in [0, 0.05) is 11.3 Å². The van der Waals surface area contributed by atoms with Crippen molar-refractivity contribution in [2.75, 3.05) is 5.32 Å². The van der Waals surface area contributed by atoms with E-state index in [-0.39, 0.29) is 16.1 Å². The van der Waals surface area contributed by atoms with E-state index in [4.69, 9.17) is 22.7 Å². The fourth-order valence-electron chi connectivity index (χ4n) is 2.42. The van der Waals surface area contributed by atoms with E-state index < -0.39 is 23.8 Å². The van der Waals surface area contributed by atoms with E-state index in [9.17, 15) is 14.7 Å². The van der Waals surface area contributed by atoms with Crippen molar-refractivity contribution in [2.45, 2.75) is 19.1 Å². The van der Waals surface area contributed by atoms with Crippen molar-refractivity contribution >= 4 is 29.0 Å². The van der Waals surface area contributed by atoms with Crippen LogP contribution in [0.3, 0.4) is 0 Å². The molecule has 0 fully saturated rings. The summed E-state index contributed by atoms with van der Waals surface area (Å²) in [7, 11) is 0. The van der Waals surface area contributed by atoms with Gasteiger partial charge in [-0.1, -0.05) is 29.8 Å². The number of nitrogens with one attached hydrogen (secondary N) is 2. The number of rotatable bonds is 6. The third kappa shape index (κ3) is 4.18. The number of nitrogens with zero attached hydrogens (tertiary/aromatic N) is 1. The molecule has 0 saturated carbocycles. The molecular formula is C18H17ClN4O3. The lowest BCUT2D eigenvalue weighted by molar-refractivity contribution is 0.0855. The standard InChI is InChI=1S/C18H17ClN4O3/c1-10(24)16(22-12-7-6-11(9-20)15(19)8-12)17(25)13-4-2-3-5-14(13)18(26)23-21/h2-8,10,16,22,24H,21H2,1H3,(H,23,26)/t10-,16+/m0/s1. The Kier molecular flexibility index (Phi) is 6.31. The molecule has 0 bridgehead atoms. The molecule has 0 aromatic heterocycles. The van der Waals surface area contributed by atoms with Crippen LogP contribution in [-0.2, 0) is 0 Å². The number of carbonyl (C=O) groups is 2.